The summed E-state index contributed by atoms with van der Waals surface area (Å²) in [5.41, 5.74) is -2.96. The second-order valence-electron chi connectivity index (χ2n) is 11.5. The van der Waals surface area contributed by atoms with Crippen molar-refractivity contribution in [2.75, 3.05) is 33.0 Å². The van der Waals surface area contributed by atoms with Gasteiger partial charge in [-0.05, 0) is 37.3 Å². The van der Waals surface area contributed by atoms with Crippen molar-refractivity contribution in [1.82, 2.24) is 0 Å². The number of hydrogen-bond acceptors (Lipinski definition) is 7. The summed E-state index contributed by atoms with van der Waals surface area (Å²) in [6.07, 6.45) is 3.74. The SMILES string of the molecule is C=CC1(F)C(F)([C@@](O)(P)c2ccccc2)O[C@]12O[C@H](COCCCC)[C@@H](OCCCC)[C@H](OCCCC)[C@H]2OCCCC. The minimum absolute atomic E-state index is 0.0492. The molecule has 1 spiro atoms. The largest absolute Gasteiger partial charge is 0.379 e. The van der Waals surface area contributed by atoms with Gasteiger partial charge in [0.1, 0.15) is 24.4 Å². The van der Waals surface area contributed by atoms with Gasteiger partial charge >= 0.3 is 0 Å². The van der Waals surface area contributed by atoms with Crippen LogP contribution in [0.5, 0.6) is 0 Å². The number of rotatable bonds is 20. The van der Waals surface area contributed by atoms with Crippen LogP contribution in [0.2, 0.25) is 0 Å². The van der Waals surface area contributed by atoms with Gasteiger partial charge in [-0.1, -0.05) is 99.5 Å². The Morgan fingerprint density at radius 2 is 1.42 bits per heavy atom. The highest BCUT2D eigenvalue weighted by molar-refractivity contribution is 7.18. The van der Waals surface area contributed by atoms with E-state index in [1.807, 2.05) is 23.1 Å². The Morgan fingerprint density at radius 3 is 1.98 bits per heavy atom. The summed E-state index contributed by atoms with van der Waals surface area (Å²) in [7, 11) is 2.02. The monoisotopic (exact) mass is 630 g/mol. The van der Waals surface area contributed by atoms with E-state index in [2.05, 4.69) is 20.4 Å². The Bertz CT molecular complexity index is 972. The Hall–Kier alpha value is -1.03. The summed E-state index contributed by atoms with van der Waals surface area (Å²) in [6.45, 7) is 13.4. The number of unbranched alkanes of at least 4 members (excludes halogenated alkanes) is 4. The van der Waals surface area contributed by atoms with Crippen LogP contribution in [-0.2, 0) is 33.8 Å². The molecule has 7 nitrogen and oxygen atoms in total. The fourth-order valence-electron chi connectivity index (χ4n) is 5.62. The Labute approximate surface area is 259 Å². The lowest BCUT2D eigenvalue weighted by Crippen LogP contribution is -2.89. The molecule has 1 N–H and O–H groups in total. The number of benzene rings is 1. The molecule has 2 aliphatic heterocycles. The van der Waals surface area contributed by atoms with Crippen molar-refractivity contribution in [3.05, 3.63) is 48.6 Å². The van der Waals surface area contributed by atoms with Gasteiger partial charge in [0.15, 0.2) is 5.34 Å². The van der Waals surface area contributed by atoms with Gasteiger partial charge < -0.3 is 33.5 Å². The number of ether oxygens (including phenoxy) is 6. The van der Waals surface area contributed by atoms with Crippen LogP contribution in [0.15, 0.2) is 43.0 Å². The molecule has 246 valence electrons. The van der Waals surface area contributed by atoms with Crippen molar-refractivity contribution in [1.29, 1.82) is 0 Å². The molecule has 2 aliphatic rings. The maximum absolute atomic E-state index is 17.6. The van der Waals surface area contributed by atoms with Gasteiger partial charge in [0.05, 0.1) is 6.61 Å². The van der Waals surface area contributed by atoms with Gasteiger partial charge in [-0.15, -0.1) is 0 Å². The van der Waals surface area contributed by atoms with E-state index in [0.29, 0.717) is 26.2 Å². The van der Waals surface area contributed by atoms with Crippen molar-refractivity contribution >= 4 is 9.24 Å². The summed E-state index contributed by atoms with van der Waals surface area (Å²) < 4.78 is 72.2. The highest BCUT2D eigenvalue weighted by Crippen LogP contribution is 2.67. The van der Waals surface area contributed by atoms with Crippen molar-refractivity contribution in [2.45, 2.75) is 126 Å². The third-order valence-electron chi connectivity index (χ3n) is 8.28. The normalized spacial score (nSPS) is 33.7. The number of hydrogen-bond donors (Lipinski definition) is 1. The quantitative estimate of drug-likeness (QED) is 0.0969. The molecule has 0 bridgehead atoms. The molecule has 3 unspecified atom stereocenters. The molecule has 0 amide bonds. The summed E-state index contributed by atoms with van der Waals surface area (Å²) >= 11 is 0. The zero-order valence-corrected chi connectivity index (χ0v) is 27.6. The molecular weight excluding hydrogens is 577 g/mol. The highest BCUT2D eigenvalue weighted by Gasteiger charge is 2.89. The van der Waals surface area contributed by atoms with Crippen LogP contribution in [0, 0.1) is 0 Å². The van der Waals surface area contributed by atoms with Gasteiger partial charge in [0, 0.05) is 26.4 Å². The summed E-state index contributed by atoms with van der Waals surface area (Å²) in [6, 6.07) is 7.98. The molecule has 0 radical (unpaired) electrons. The smallest absolute Gasteiger partial charge is 0.291 e. The van der Waals surface area contributed by atoms with E-state index in [9.17, 15) is 5.11 Å². The van der Waals surface area contributed by atoms with Gasteiger partial charge in [-0.2, -0.15) is 0 Å². The molecule has 43 heavy (non-hydrogen) atoms. The second kappa shape index (κ2) is 16.5. The lowest BCUT2D eigenvalue weighted by Gasteiger charge is -2.68. The van der Waals surface area contributed by atoms with E-state index < -0.39 is 47.1 Å². The first kappa shape index (κ1) is 36.4. The third kappa shape index (κ3) is 7.20. The van der Waals surface area contributed by atoms with Crippen LogP contribution in [-0.4, -0.2) is 79.9 Å². The Kier molecular flexibility index (Phi) is 14.0. The van der Waals surface area contributed by atoms with E-state index in [4.69, 9.17) is 28.4 Å². The third-order valence-corrected chi connectivity index (χ3v) is 8.98. The zero-order valence-electron chi connectivity index (χ0n) is 26.4. The summed E-state index contributed by atoms with van der Waals surface area (Å²) in [5, 5.41) is 9.06. The topological polar surface area (TPSA) is 75.6 Å². The van der Waals surface area contributed by atoms with Crippen molar-refractivity contribution in [2.24, 2.45) is 0 Å². The van der Waals surface area contributed by atoms with Crippen LogP contribution in [0.3, 0.4) is 0 Å². The number of aliphatic hydroxyl groups is 1. The molecule has 1 aromatic rings. The molecule has 0 aromatic heterocycles. The van der Waals surface area contributed by atoms with E-state index in [1.54, 1.807) is 18.2 Å². The minimum Gasteiger partial charge on any atom is -0.379 e. The van der Waals surface area contributed by atoms with E-state index in [1.165, 1.54) is 12.1 Å². The van der Waals surface area contributed by atoms with Gasteiger partial charge in [-0.25, -0.2) is 8.78 Å². The second-order valence-corrected chi connectivity index (χ2v) is 12.4. The fraction of sp³-hybridized carbons (Fsp3) is 0.758. The fourth-order valence-corrected chi connectivity index (χ4v) is 6.08. The molecule has 2 heterocycles. The predicted molar refractivity (Wildman–Crippen MR) is 166 cm³/mol. The van der Waals surface area contributed by atoms with Gasteiger partial charge in [0.25, 0.3) is 5.85 Å². The standard InChI is InChI=1S/C33H53F2O7P/c1-6-11-20-37-24-26-27(38-21-12-7-2)28(39-22-13-8-3)29(40-23-14-9-4)32(41-26)30(34,10-5)33(35,42-32)31(36,43)25-18-16-15-17-19-25/h10,15-19,26-29,36H,5-9,11-14,20-24,43H2,1-4H3/t26-,27-,28+,29-,30?,31+,32+,33?/m1/s1. The van der Waals surface area contributed by atoms with Gasteiger partial charge in [0.2, 0.25) is 11.5 Å². The molecule has 0 saturated carbocycles. The molecule has 9 atom stereocenters. The molecule has 2 fully saturated rings. The lowest BCUT2D eigenvalue weighted by molar-refractivity contribution is -0.554. The molecule has 1 aromatic carbocycles. The van der Waals surface area contributed by atoms with Crippen molar-refractivity contribution in [3.63, 3.8) is 0 Å². The Morgan fingerprint density at radius 1 is 0.884 bits per heavy atom. The molecule has 0 aliphatic carbocycles. The van der Waals surface area contributed by atoms with Crippen LogP contribution < -0.4 is 0 Å². The number of halogens is 2. The first-order valence-electron chi connectivity index (χ1n) is 16.0. The van der Waals surface area contributed by atoms with Crippen molar-refractivity contribution in [3.8, 4) is 0 Å². The van der Waals surface area contributed by atoms with Crippen LogP contribution in [0.1, 0.15) is 84.6 Å². The Balaban J connectivity index is 2.11. The van der Waals surface area contributed by atoms with Crippen LogP contribution >= 0.6 is 9.24 Å². The van der Waals surface area contributed by atoms with E-state index in [-0.39, 0.29) is 18.8 Å². The van der Waals surface area contributed by atoms with Crippen molar-refractivity contribution < 1.29 is 42.3 Å². The van der Waals surface area contributed by atoms with E-state index >= 15 is 8.78 Å². The summed E-state index contributed by atoms with van der Waals surface area (Å²) in [5.74, 6) is -5.63. The average molecular weight is 631 g/mol. The highest BCUT2D eigenvalue weighted by atomic mass is 31.0. The molecule has 10 heteroatoms. The predicted octanol–water partition coefficient (Wildman–Crippen LogP) is 6.76. The molecule has 3 rings (SSSR count). The van der Waals surface area contributed by atoms with E-state index in [0.717, 1.165) is 51.0 Å². The number of alkyl halides is 2. The first-order valence-corrected chi connectivity index (χ1v) is 16.6. The molecular formula is C33H53F2O7P. The first-order chi connectivity index (χ1) is 20.6. The van der Waals surface area contributed by atoms with Crippen LogP contribution in [0.25, 0.3) is 0 Å². The maximum atomic E-state index is 17.6. The van der Waals surface area contributed by atoms with Crippen LogP contribution in [0.4, 0.5) is 8.78 Å². The lowest BCUT2D eigenvalue weighted by atomic mass is 9.69. The minimum atomic E-state index is -3.29. The average Bonchev–Trinajstić information content (AvgIpc) is 3.01. The molecule has 2 saturated heterocycles. The maximum Gasteiger partial charge on any atom is 0.291 e. The van der Waals surface area contributed by atoms with Gasteiger partial charge in [-0.3, -0.25) is 0 Å². The summed E-state index contributed by atoms with van der Waals surface area (Å²) in [4.78, 5) is 0. The zero-order chi connectivity index (χ0) is 31.6.